The van der Waals surface area contributed by atoms with E-state index in [0.717, 1.165) is 13.0 Å². The van der Waals surface area contributed by atoms with Crippen molar-refractivity contribution in [2.75, 3.05) is 13.1 Å². The van der Waals surface area contributed by atoms with Crippen molar-refractivity contribution >= 4 is 11.3 Å². The smallest absolute Gasteiger partial charge is 0.0328 e. The first-order valence-electron chi connectivity index (χ1n) is 5.79. The molecule has 2 rings (SSSR count). The van der Waals surface area contributed by atoms with Crippen LogP contribution in [0.25, 0.3) is 0 Å². The largest absolute Gasteiger partial charge is 0.328 e. The van der Waals surface area contributed by atoms with Crippen LogP contribution >= 0.6 is 11.3 Å². The second-order valence-corrected chi connectivity index (χ2v) is 5.79. The van der Waals surface area contributed by atoms with Crippen molar-refractivity contribution in [2.45, 2.75) is 38.8 Å². The van der Waals surface area contributed by atoms with Gasteiger partial charge in [0.1, 0.15) is 0 Å². The molecule has 2 N–H and O–H groups in total. The number of nitrogens with zero attached hydrogens (tertiary/aromatic N) is 1. The molecule has 2 nitrogen and oxygen atoms in total. The van der Waals surface area contributed by atoms with Gasteiger partial charge < -0.3 is 5.73 Å². The highest BCUT2D eigenvalue weighted by Gasteiger charge is 2.12. The monoisotopic (exact) mass is 224 g/mol. The molecule has 0 aromatic carbocycles. The number of hydrogen-bond donors (Lipinski definition) is 1. The Kier molecular flexibility index (Phi) is 3.78. The van der Waals surface area contributed by atoms with Gasteiger partial charge in [0.05, 0.1) is 0 Å². The summed E-state index contributed by atoms with van der Waals surface area (Å²) in [4.78, 5) is 5.47. The van der Waals surface area contributed by atoms with Crippen LogP contribution in [-0.2, 0) is 13.0 Å². The van der Waals surface area contributed by atoms with Gasteiger partial charge in [0, 0.05) is 22.3 Å². The van der Waals surface area contributed by atoms with Crippen molar-refractivity contribution in [3.8, 4) is 0 Å². The van der Waals surface area contributed by atoms with Gasteiger partial charge in [0.15, 0.2) is 0 Å². The van der Waals surface area contributed by atoms with Crippen LogP contribution in [0.4, 0.5) is 0 Å². The van der Waals surface area contributed by atoms with Gasteiger partial charge in [0.25, 0.3) is 0 Å². The molecule has 3 heteroatoms. The van der Waals surface area contributed by atoms with Gasteiger partial charge in [-0.2, -0.15) is 0 Å². The SMILES string of the molecule is CC(N)Cc1ccc(CN2CCCC2)s1. The Hall–Kier alpha value is -0.380. The molecule has 1 fully saturated rings. The quantitative estimate of drug-likeness (QED) is 0.850. The fraction of sp³-hybridized carbons (Fsp3) is 0.667. The fourth-order valence-electron chi connectivity index (χ4n) is 2.10. The molecule has 2 heterocycles. The van der Waals surface area contributed by atoms with Crippen molar-refractivity contribution in [3.05, 3.63) is 21.9 Å². The van der Waals surface area contributed by atoms with Crippen molar-refractivity contribution in [2.24, 2.45) is 5.73 Å². The zero-order valence-corrected chi connectivity index (χ0v) is 10.2. The Labute approximate surface area is 96.1 Å². The van der Waals surface area contributed by atoms with E-state index in [2.05, 4.69) is 24.0 Å². The second-order valence-electron chi connectivity index (χ2n) is 4.53. The van der Waals surface area contributed by atoms with Crippen molar-refractivity contribution in [1.82, 2.24) is 4.90 Å². The van der Waals surface area contributed by atoms with Gasteiger partial charge in [-0.25, -0.2) is 0 Å². The topological polar surface area (TPSA) is 29.3 Å². The summed E-state index contributed by atoms with van der Waals surface area (Å²) in [5.41, 5.74) is 5.79. The lowest BCUT2D eigenvalue weighted by Gasteiger charge is -2.12. The lowest BCUT2D eigenvalue weighted by molar-refractivity contribution is 0.334. The number of likely N-dealkylation sites (tertiary alicyclic amines) is 1. The maximum absolute atomic E-state index is 5.79. The highest BCUT2D eigenvalue weighted by atomic mass is 32.1. The third kappa shape index (κ3) is 3.30. The Morgan fingerprint density at radius 3 is 2.67 bits per heavy atom. The van der Waals surface area contributed by atoms with Crippen LogP contribution in [0.1, 0.15) is 29.5 Å². The molecule has 0 radical (unpaired) electrons. The average Bonchev–Trinajstić information content (AvgIpc) is 2.77. The summed E-state index contributed by atoms with van der Waals surface area (Å²) in [7, 11) is 0. The summed E-state index contributed by atoms with van der Waals surface area (Å²) >= 11 is 1.93. The molecule has 1 aromatic rings. The molecule has 1 unspecified atom stereocenters. The first-order valence-corrected chi connectivity index (χ1v) is 6.61. The van der Waals surface area contributed by atoms with E-state index < -0.39 is 0 Å². The molecule has 0 aliphatic carbocycles. The maximum atomic E-state index is 5.79. The summed E-state index contributed by atoms with van der Waals surface area (Å²) in [5, 5.41) is 0. The normalized spacial score (nSPS) is 19.6. The third-order valence-electron chi connectivity index (χ3n) is 2.82. The molecule has 1 aliphatic heterocycles. The minimum Gasteiger partial charge on any atom is -0.328 e. The average molecular weight is 224 g/mol. The van der Waals surface area contributed by atoms with Gasteiger partial charge >= 0.3 is 0 Å². The summed E-state index contributed by atoms with van der Waals surface area (Å²) in [5.74, 6) is 0. The molecule has 0 bridgehead atoms. The third-order valence-corrected chi connectivity index (χ3v) is 3.91. The maximum Gasteiger partial charge on any atom is 0.0328 e. The lowest BCUT2D eigenvalue weighted by atomic mass is 10.2. The zero-order valence-electron chi connectivity index (χ0n) is 9.41. The Balaban J connectivity index is 1.88. The fourth-order valence-corrected chi connectivity index (χ4v) is 3.30. The lowest BCUT2D eigenvalue weighted by Crippen LogP contribution is -2.17. The minimum absolute atomic E-state index is 0.281. The molecule has 1 saturated heterocycles. The van der Waals surface area contributed by atoms with E-state index in [1.54, 1.807) is 0 Å². The molecule has 0 saturated carbocycles. The summed E-state index contributed by atoms with van der Waals surface area (Å²) < 4.78 is 0. The molecule has 1 aliphatic rings. The van der Waals surface area contributed by atoms with Crippen molar-refractivity contribution < 1.29 is 0 Å². The highest BCUT2D eigenvalue weighted by Crippen LogP contribution is 2.21. The van der Waals surface area contributed by atoms with Crippen LogP contribution in [0.5, 0.6) is 0 Å². The molecule has 0 amide bonds. The zero-order chi connectivity index (χ0) is 10.7. The van der Waals surface area contributed by atoms with Crippen LogP contribution in [0.2, 0.25) is 0 Å². The Bertz CT molecular complexity index is 300. The first-order chi connectivity index (χ1) is 7.24. The summed E-state index contributed by atoms with van der Waals surface area (Å²) in [6, 6.07) is 4.78. The summed E-state index contributed by atoms with van der Waals surface area (Å²) in [6.45, 7) is 5.77. The number of nitrogens with two attached hydrogens (primary N) is 1. The Morgan fingerprint density at radius 2 is 2.00 bits per heavy atom. The van der Waals surface area contributed by atoms with E-state index in [1.165, 1.54) is 35.7 Å². The van der Waals surface area contributed by atoms with E-state index >= 15 is 0 Å². The van der Waals surface area contributed by atoms with E-state index in [4.69, 9.17) is 5.73 Å². The predicted octanol–water partition coefficient (Wildman–Crippen LogP) is 2.23. The molecular formula is C12H20N2S. The van der Waals surface area contributed by atoms with Crippen molar-refractivity contribution in [3.63, 3.8) is 0 Å². The molecule has 1 aromatic heterocycles. The minimum atomic E-state index is 0.281. The van der Waals surface area contributed by atoms with E-state index in [1.807, 2.05) is 11.3 Å². The number of thiophene rings is 1. The van der Waals surface area contributed by atoms with E-state index in [-0.39, 0.29) is 6.04 Å². The van der Waals surface area contributed by atoms with E-state index in [9.17, 15) is 0 Å². The van der Waals surface area contributed by atoms with Gasteiger partial charge in [0.2, 0.25) is 0 Å². The van der Waals surface area contributed by atoms with Crippen molar-refractivity contribution in [1.29, 1.82) is 0 Å². The Morgan fingerprint density at radius 1 is 1.33 bits per heavy atom. The van der Waals surface area contributed by atoms with E-state index in [0.29, 0.717) is 0 Å². The predicted molar refractivity (Wildman–Crippen MR) is 66.2 cm³/mol. The van der Waals surface area contributed by atoms with Crippen LogP contribution in [0.15, 0.2) is 12.1 Å². The van der Waals surface area contributed by atoms with Crippen LogP contribution in [0.3, 0.4) is 0 Å². The molecule has 84 valence electrons. The number of rotatable bonds is 4. The van der Waals surface area contributed by atoms with Crippen LogP contribution in [0, 0.1) is 0 Å². The van der Waals surface area contributed by atoms with Gasteiger partial charge in [-0.1, -0.05) is 0 Å². The first kappa shape index (κ1) is 11.1. The van der Waals surface area contributed by atoms with Gasteiger partial charge in [-0.15, -0.1) is 11.3 Å². The van der Waals surface area contributed by atoms with Gasteiger partial charge in [-0.05, 0) is 51.4 Å². The molecule has 1 atom stereocenters. The second kappa shape index (κ2) is 5.10. The number of hydrogen-bond acceptors (Lipinski definition) is 3. The van der Waals surface area contributed by atoms with Gasteiger partial charge in [-0.3, -0.25) is 4.90 Å². The highest BCUT2D eigenvalue weighted by molar-refractivity contribution is 7.11. The molecular weight excluding hydrogens is 204 g/mol. The molecule has 15 heavy (non-hydrogen) atoms. The van der Waals surface area contributed by atoms with Crippen LogP contribution in [-0.4, -0.2) is 24.0 Å². The van der Waals surface area contributed by atoms with Crippen LogP contribution < -0.4 is 5.73 Å². The molecule has 0 spiro atoms. The standard InChI is InChI=1S/C12H20N2S/c1-10(13)8-11-4-5-12(15-11)9-14-6-2-3-7-14/h4-5,10H,2-3,6-9,13H2,1H3. The summed E-state index contributed by atoms with van der Waals surface area (Å²) in [6.07, 6.45) is 3.76.